The van der Waals surface area contributed by atoms with Crippen LogP contribution in [0.4, 0.5) is 0 Å². The van der Waals surface area contributed by atoms with E-state index in [0.717, 1.165) is 76.5 Å². The van der Waals surface area contributed by atoms with E-state index in [0.29, 0.717) is 24.3 Å². The molecule has 0 N–H and O–H groups in total. The quantitative estimate of drug-likeness (QED) is 0.305. The lowest BCUT2D eigenvalue weighted by Crippen LogP contribution is -2.66. The zero-order valence-electron chi connectivity index (χ0n) is 30.2. The monoisotopic (exact) mass is 622 g/mol. The number of piperidine rings is 1. The smallest absolute Gasteiger partial charge is 0.302 e. The average Bonchev–Trinajstić information content (AvgIpc) is 3.27. The number of carbonyl (C=O) groups excluding carboxylic acids is 3. The molecule has 1 saturated heterocycles. The van der Waals surface area contributed by atoms with Gasteiger partial charge in [-0.05, 0) is 129 Å². The molecular weight excluding hydrogens is 560 g/mol. The number of likely N-dealkylation sites (tertiary alicyclic amines) is 1. The van der Waals surface area contributed by atoms with Crippen molar-refractivity contribution < 1.29 is 19.1 Å². The van der Waals surface area contributed by atoms with Crippen molar-refractivity contribution in [1.29, 1.82) is 0 Å². The molecule has 1 heterocycles. The minimum atomic E-state index is -0.639. The van der Waals surface area contributed by atoms with Crippen molar-refractivity contribution in [3.63, 3.8) is 0 Å². The fraction of sp³-hybridized carbons (Fsp3) is 0.872. The Morgan fingerprint density at radius 1 is 0.844 bits per heavy atom. The number of fused-ring (bicyclic) bond motifs is 7. The third kappa shape index (κ3) is 4.60. The van der Waals surface area contributed by atoms with Crippen LogP contribution in [0.5, 0.6) is 0 Å². The number of Topliss-reactive ketones (excluding diaryl/α,β-unsaturated/α-hetero) is 1. The molecule has 0 radical (unpaired) electrons. The van der Waals surface area contributed by atoms with Gasteiger partial charge in [0.2, 0.25) is 5.91 Å². The molecule has 4 saturated carbocycles. The number of carbonyl (C=O) groups is 3. The van der Waals surface area contributed by atoms with Gasteiger partial charge in [-0.25, -0.2) is 0 Å². The second-order valence-electron chi connectivity index (χ2n) is 18.2. The number of ketones is 1. The summed E-state index contributed by atoms with van der Waals surface area (Å²) in [5.74, 6) is 1.85. The SMILES string of the molecule is CC(=O)O[C@H]1CC[C@@]2(C)C(CC[C@]3(C)C2CC[C@@H]2C4=C(C(C)C)C(=O)C[C@]4(C(=O)N4CCC(N(C)C)CC4)CC[C@]23C)C1(C)C. The number of hydrogen-bond donors (Lipinski definition) is 0. The van der Waals surface area contributed by atoms with Crippen molar-refractivity contribution >= 4 is 17.7 Å². The van der Waals surface area contributed by atoms with Crippen LogP contribution in [0.1, 0.15) is 126 Å². The molecule has 5 fully saturated rings. The average molecular weight is 623 g/mol. The van der Waals surface area contributed by atoms with Crippen molar-refractivity contribution in [2.75, 3.05) is 27.2 Å². The number of hydrogen-bond acceptors (Lipinski definition) is 5. The zero-order chi connectivity index (χ0) is 32.9. The van der Waals surface area contributed by atoms with Crippen LogP contribution in [0.25, 0.3) is 0 Å². The molecule has 0 spiro atoms. The van der Waals surface area contributed by atoms with Gasteiger partial charge in [0.15, 0.2) is 5.78 Å². The Morgan fingerprint density at radius 2 is 1.51 bits per heavy atom. The predicted molar refractivity (Wildman–Crippen MR) is 178 cm³/mol. The molecule has 2 unspecified atom stereocenters. The Kier molecular flexibility index (Phi) is 8.06. The van der Waals surface area contributed by atoms with E-state index >= 15 is 0 Å². The minimum Gasteiger partial charge on any atom is -0.462 e. The van der Waals surface area contributed by atoms with Crippen molar-refractivity contribution in [2.24, 2.45) is 50.7 Å². The third-order valence-electron chi connectivity index (χ3n) is 15.6. The van der Waals surface area contributed by atoms with E-state index in [1.54, 1.807) is 6.92 Å². The number of rotatable bonds is 4. The number of allylic oxidation sites excluding steroid dienone is 1. The summed E-state index contributed by atoms with van der Waals surface area (Å²) in [5, 5.41) is 0. The zero-order valence-corrected chi connectivity index (χ0v) is 30.2. The van der Waals surface area contributed by atoms with E-state index in [-0.39, 0.29) is 57.3 Å². The summed E-state index contributed by atoms with van der Waals surface area (Å²) in [5.41, 5.74) is 1.95. The van der Waals surface area contributed by atoms with Crippen LogP contribution in [0, 0.1) is 50.7 Å². The summed E-state index contributed by atoms with van der Waals surface area (Å²) in [6, 6.07) is 0.522. The molecule has 0 aromatic carbocycles. The van der Waals surface area contributed by atoms with Gasteiger partial charge in [-0.15, -0.1) is 0 Å². The fourth-order valence-electron chi connectivity index (χ4n) is 13.2. The highest BCUT2D eigenvalue weighted by Crippen LogP contribution is 2.76. The van der Waals surface area contributed by atoms with Gasteiger partial charge in [0, 0.05) is 37.9 Å². The van der Waals surface area contributed by atoms with Crippen molar-refractivity contribution in [2.45, 2.75) is 138 Å². The summed E-state index contributed by atoms with van der Waals surface area (Å²) in [4.78, 5) is 45.3. The molecular formula is C39H62N2O4. The molecule has 6 rings (SSSR count). The van der Waals surface area contributed by atoms with Crippen LogP contribution in [0.15, 0.2) is 11.1 Å². The molecule has 5 aliphatic carbocycles. The molecule has 6 heteroatoms. The van der Waals surface area contributed by atoms with Gasteiger partial charge in [-0.3, -0.25) is 14.4 Å². The number of ether oxygens (including phenoxy) is 1. The lowest BCUT2D eigenvalue weighted by Gasteiger charge is -2.72. The first-order chi connectivity index (χ1) is 20.9. The molecule has 252 valence electrons. The molecule has 0 aromatic rings. The van der Waals surface area contributed by atoms with Gasteiger partial charge >= 0.3 is 5.97 Å². The van der Waals surface area contributed by atoms with E-state index in [2.05, 4.69) is 72.4 Å². The summed E-state index contributed by atoms with van der Waals surface area (Å²) in [7, 11) is 4.29. The Hall–Kier alpha value is -1.69. The van der Waals surface area contributed by atoms with Crippen LogP contribution >= 0.6 is 0 Å². The predicted octanol–water partition coefficient (Wildman–Crippen LogP) is 7.45. The summed E-state index contributed by atoms with van der Waals surface area (Å²) in [6.07, 6.45) is 10.8. The van der Waals surface area contributed by atoms with E-state index in [4.69, 9.17) is 4.74 Å². The van der Waals surface area contributed by atoms with Crippen LogP contribution < -0.4 is 0 Å². The first-order valence-electron chi connectivity index (χ1n) is 18.3. The molecule has 45 heavy (non-hydrogen) atoms. The lowest BCUT2D eigenvalue weighted by molar-refractivity contribution is -0.232. The largest absolute Gasteiger partial charge is 0.462 e. The second kappa shape index (κ2) is 10.9. The second-order valence-corrected chi connectivity index (χ2v) is 18.2. The van der Waals surface area contributed by atoms with Gasteiger partial charge in [0.1, 0.15) is 6.10 Å². The first kappa shape index (κ1) is 33.2. The Bertz CT molecular complexity index is 1280. The summed E-state index contributed by atoms with van der Waals surface area (Å²) < 4.78 is 5.94. The highest BCUT2D eigenvalue weighted by Gasteiger charge is 2.71. The van der Waals surface area contributed by atoms with E-state index in [9.17, 15) is 14.4 Å². The molecule has 1 aliphatic heterocycles. The van der Waals surface area contributed by atoms with Gasteiger partial charge in [0.25, 0.3) is 0 Å². The van der Waals surface area contributed by atoms with Gasteiger partial charge in [-0.2, -0.15) is 0 Å². The minimum absolute atomic E-state index is 0.0169. The van der Waals surface area contributed by atoms with Crippen LogP contribution in [-0.2, 0) is 19.1 Å². The third-order valence-corrected chi connectivity index (χ3v) is 15.6. The lowest BCUT2D eigenvalue weighted by atomic mass is 9.33. The standard InChI is InChI=1S/C39H62N2O4/c1-24(2)32-28(43)23-39(34(44)41-21-15-26(16-22-41)40(9)10)20-19-37(7)27(33(32)39)11-12-30-36(6)17-14-31(45-25(3)42)35(4,5)29(36)13-18-38(30,37)8/h24,26-27,29-31H,11-23H2,1-10H3/t27-,29?,30?,31+,36+,37-,38-,39-/m1/s1. The fourth-order valence-corrected chi connectivity index (χ4v) is 13.2. The maximum atomic E-state index is 14.8. The Morgan fingerprint density at radius 3 is 2.11 bits per heavy atom. The van der Waals surface area contributed by atoms with E-state index in [1.807, 2.05) is 0 Å². The highest BCUT2D eigenvalue weighted by molar-refractivity contribution is 6.07. The molecule has 6 nitrogen and oxygen atoms in total. The molecule has 6 aliphatic rings. The number of nitrogens with zero attached hydrogens (tertiary/aromatic N) is 2. The molecule has 0 bridgehead atoms. The number of esters is 1. The molecule has 0 aromatic heterocycles. The van der Waals surface area contributed by atoms with E-state index < -0.39 is 5.41 Å². The Balaban J connectivity index is 1.36. The molecule has 8 atom stereocenters. The summed E-state index contributed by atoms with van der Waals surface area (Å²) >= 11 is 0. The number of amides is 1. The normalized spacial score (nSPS) is 43.1. The van der Waals surface area contributed by atoms with Crippen molar-refractivity contribution in [3.8, 4) is 0 Å². The van der Waals surface area contributed by atoms with Gasteiger partial charge < -0.3 is 14.5 Å². The summed E-state index contributed by atoms with van der Waals surface area (Å²) in [6.45, 7) is 19.9. The maximum absolute atomic E-state index is 14.8. The van der Waals surface area contributed by atoms with Crippen LogP contribution in [-0.4, -0.2) is 66.8 Å². The van der Waals surface area contributed by atoms with Gasteiger partial charge in [0.05, 0.1) is 5.41 Å². The van der Waals surface area contributed by atoms with Crippen molar-refractivity contribution in [1.82, 2.24) is 9.80 Å². The van der Waals surface area contributed by atoms with Crippen LogP contribution in [0.2, 0.25) is 0 Å². The van der Waals surface area contributed by atoms with Crippen LogP contribution in [0.3, 0.4) is 0 Å². The maximum Gasteiger partial charge on any atom is 0.302 e. The first-order valence-corrected chi connectivity index (χ1v) is 18.3. The Labute approximate surface area is 273 Å². The van der Waals surface area contributed by atoms with E-state index in [1.165, 1.54) is 12.0 Å². The van der Waals surface area contributed by atoms with Crippen molar-refractivity contribution in [3.05, 3.63) is 11.1 Å². The van der Waals surface area contributed by atoms with Gasteiger partial charge in [-0.1, -0.05) is 48.5 Å². The highest BCUT2D eigenvalue weighted by atomic mass is 16.5. The molecule has 1 amide bonds. The topological polar surface area (TPSA) is 66.9 Å².